The van der Waals surface area contributed by atoms with Gasteiger partial charge in [-0.25, -0.2) is 0 Å². The molecule has 0 saturated carbocycles. The number of fused-ring (bicyclic) bond motifs is 1. The monoisotopic (exact) mass is 308 g/mol. The van der Waals surface area contributed by atoms with Crippen molar-refractivity contribution in [2.24, 2.45) is 0 Å². The average Bonchev–Trinajstić information content (AvgIpc) is 2.66. The number of benzene rings is 1. The zero-order chi connectivity index (χ0) is 11.8. The fraction of sp³-hybridized carbons (Fsp3) is 0.231. The Bertz CT molecular complexity index is 536. The first-order valence-electron chi connectivity index (χ1n) is 5.61. The fourth-order valence-electron chi connectivity index (χ4n) is 2.25. The minimum Gasteiger partial charge on any atom is -0.397 e. The lowest BCUT2D eigenvalue weighted by atomic mass is 10.1. The van der Waals surface area contributed by atoms with Gasteiger partial charge in [-0.1, -0.05) is 18.2 Å². The molecule has 2 aromatic rings. The van der Waals surface area contributed by atoms with E-state index in [4.69, 9.17) is 5.73 Å². The molecular weight excluding hydrogens is 296 g/mol. The van der Waals surface area contributed by atoms with Crippen molar-refractivity contribution in [3.05, 3.63) is 44.6 Å². The maximum atomic E-state index is 6.05. The normalized spacial score (nSPS) is 14.8. The van der Waals surface area contributed by atoms with Crippen LogP contribution in [0.1, 0.15) is 10.4 Å². The highest BCUT2D eigenvalue weighted by Gasteiger charge is 2.22. The molecule has 0 fully saturated rings. The molecule has 0 atom stereocenters. The molecule has 3 rings (SSSR count). The molecule has 0 bridgehead atoms. The Kier molecular flexibility index (Phi) is 2.84. The second-order valence-corrected chi connectivity index (χ2v) is 6.62. The molecule has 0 aliphatic carbocycles. The molecule has 0 spiro atoms. The maximum absolute atomic E-state index is 6.05. The molecule has 2 N–H and O–H groups in total. The zero-order valence-corrected chi connectivity index (χ0v) is 11.7. The SMILES string of the molecule is Nc1c(Br)sc2c1CCN(c1ccccc1)C2. The van der Waals surface area contributed by atoms with Crippen LogP contribution in [0.4, 0.5) is 11.4 Å². The highest BCUT2D eigenvalue weighted by atomic mass is 79.9. The van der Waals surface area contributed by atoms with Crippen LogP contribution in [0.25, 0.3) is 0 Å². The zero-order valence-electron chi connectivity index (χ0n) is 9.32. The van der Waals surface area contributed by atoms with E-state index in [1.54, 1.807) is 11.3 Å². The highest BCUT2D eigenvalue weighted by Crippen LogP contribution is 2.39. The third-order valence-electron chi connectivity index (χ3n) is 3.17. The van der Waals surface area contributed by atoms with E-state index in [1.807, 2.05) is 0 Å². The second-order valence-electron chi connectivity index (χ2n) is 4.20. The van der Waals surface area contributed by atoms with E-state index in [0.717, 1.165) is 29.0 Å². The molecule has 0 saturated heterocycles. The summed E-state index contributed by atoms with van der Waals surface area (Å²) in [6.45, 7) is 2.02. The summed E-state index contributed by atoms with van der Waals surface area (Å²) in [5.41, 5.74) is 9.63. The van der Waals surface area contributed by atoms with Crippen LogP contribution in [0, 0.1) is 0 Å². The van der Waals surface area contributed by atoms with E-state index in [1.165, 1.54) is 16.1 Å². The summed E-state index contributed by atoms with van der Waals surface area (Å²) in [5, 5.41) is 0. The van der Waals surface area contributed by atoms with Gasteiger partial charge in [-0.05, 0) is 40.0 Å². The average molecular weight is 309 g/mol. The van der Waals surface area contributed by atoms with E-state index < -0.39 is 0 Å². The number of rotatable bonds is 1. The van der Waals surface area contributed by atoms with Crippen molar-refractivity contribution in [1.29, 1.82) is 0 Å². The summed E-state index contributed by atoms with van der Waals surface area (Å²) < 4.78 is 1.08. The van der Waals surface area contributed by atoms with Crippen molar-refractivity contribution < 1.29 is 0 Å². The van der Waals surface area contributed by atoms with Crippen LogP contribution in [0.2, 0.25) is 0 Å². The summed E-state index contributed by atoms with van der Waals surface area (Å²) >= 11 is 5.29. The largest absolute Gasteiger partial charge is 0.397 e. The number of nitrogen functional groups attached to an aromatic ring is 1. The Morgan fingerprint density at radius 2 is 2.00 bits per heavy atom. The Hall–Kier alpha value is -1.00. The number of halogens is 1. The van der Waals surface area contributed by atoms with Gasteiger partial charge in [0.1, 0.15) is 0 Å². The first-order valence-corrected chi connectivity index (χ1v) is 7.22. The summed E-state index contributed by atoms with van der Waals surface area (Å²) in [6.07, 6.45) is 1.04. The molecule has 4 heteroatoms. The minimum absolute atomic E-state index is 0.942. The molecule has 0 amide bonds. The Balaban J connectivity index is 1.91. The molecule has 1 aromatic carbocycles. The van der Waals surface area contributed by atoms with Crippen molar-refractivity contribution in [2.75, 3.05) is 17.2 Å². The summed E-state index contributed by atoms with van der Waals surface area (Å²) in [6, 6.07) is 10.6. The van der Waals surface area contributed by atoms with E-state index in [-0.39, 0.29) is 0 Å². The number of nitrogens with zero attached hydrogens (tertiary/aromatic N) is 1. The standard InChI is InChI=1S/C13H13BrN2S/c14-13-12(15)10-6-7-16(8-11(10)17-13)9-4-2-1-3-5-9/h1-5H,6-8,15H2. The molecule has 0 unspecified atom stereocenters. The van der Waals surface area contributed by atoms with Crippen molar-refractivity contribution >= 4 is 38.6 Å². The van der Waals surface area contributed by atoms with Gasteiger partial charge in [-0.2, -0.15) is 0 Å². The third kappa shape index (κ3) is 1.96. The van der Waals surface area contributed by atoms with Crippen LogP contribution in [-0.2, 0) is 13.0 Å². The lowest BCUT2D eigenvalue weighted by Gasteiger charge is -2.29. The fourth-order valence-corrected chi connectivity index (χ4v) is 4.08. The molecule has 17 heavy (non-hydrogen) atoms. The smallest absolute Gasteiger partial charge is 0.0934 e. The van der Waals surface area contributed by atoms with Crippen molar-refractivity contribution in [2.45, 2.75) is 13.0 Å². The molecular formula is C13H13BrN2S. The third-order valence-corrected chi connectivity index (χ3v) is 5.11. The van der Waals surface area contributed by atoms with Crippen LogP contribution in [0.3, 0.4) is 0 Å². The number of anilines is 2. The maximum Gasteiger partial charge on any atom is 0.0934 e. The number of hydrogen-bond acceptors (Lipinski definition) is 3. The van der Waals surface area contributed by atoms with Crippen LogP contribution in [-0.4, -0.2) is 6.54 Å². The predicted octanol–water partition coefficient (Wildman–Crippen LogP) is 3.66. The number of para-hydroxylation sites is 1. The lowest BCUT2D eigenvalue weighted by molar-refractivity contribution is 0.746. The minimum atomic E-state index is 0.942. The lowest BCUT2D eigenvalue weighted by Crippen LogP contribution is -2.29. The molecule has 2 heterocycles. The van der Waals surface area contributed by atoms with Crippen LogP contribution < -0.4 is 10.6 Å². The van der Waals surface area contributed by atoms with Gasteiger partial charge in [0.15, 0.2) is 0 Å². The molecule has 1 aliphatic rings. The van der Waals surface area contributed by atoms with Gasteiger partial charge >= 0.3 is 0 Å². The first-order chi connectivity index (χ1) is 8.25. The van der Waals surface area contributed by atoms with Crippen molar-refractivity contribution in [3.8, 4) is 0 Å². The summed E-state index contributed by atoms with van der Waals surface area (Å²) in [5.74, 6) is 0. The molecule has 1 aliphatic heterocycles. The van der Waals surface area contributed by atoms with Crippen LogP contribution >= 0.6 is 27.3 Å². The van der Waals surface area contributed by atoms with Crippen molar-refractivity contribution in [1.82, 2.24) is 0 Å². The van der Waals surface area contributed by atoms with Crippen molar-refractivity contribution in [3.63, 3.8) is 0 Å². The van der Waals surface area contributed by atoms with Crippen LogP contribution in [0.15, 0.2) is 34.1 Å². The molecule has 2 nitrogen and oxygen atoms in total. The highest BCUT2D eigenvalue weighted by molar-refractivity contribution is 9.11. The number of thiophene rings is 1. The topological polar surface area (TPSA) is 29.3 Å². The molecule has 0 radical (unpaired) electrons. The van der Waals surface area contributed by atoms with Gasteiger partial charge < -0.3 is 10.6 Å². The van der Waals surface area contributed by atoms with E-state index in [9.17, 15) is 0 Å². The van der Waals surface area contributed by atoms with E-state index >= 15 is 0 Å². The molecule has 88 valence electrons. The quantitative estimate of drug-likeness (QED) is 0.871. The first kappa shape index (κ1) is 11.1. The van der Waals surface area contributed by atoms with E-state index in [0.29, 0.717) is 0 Å². The van der Waals surface area contributed by atoms with Gasteiger partial charge in [-0.15, -0.1) is 11.3 Å². The number of hydrogen-bond donors (Lipinski definition) is 1. The van der Waals surface area contributed by atoms with Gasteiger partial charge in [0.05, 0.1) is 16.0 Å². The Labute approximate surface area is 113 Å². The second kappa shape index (κ2) is 4.35. The van der Waals surface area contributed by atoms with Gasteiger partial charge in [-0.3, -0.25) is 0 Å². The van der Waals surface area contributed by atoms with Gasteiger partial charge in [0.25, 0.3) is 0 Å². The number of nitrogens with two attached hydrogens (primary N) is 1. The van der Waals surface area contributed by atoms with Gasteiger partial charge in [0.2, 0.25) is 0 Å². The molecule has 1 aromatic heterocycles. The Morgan fingerprint density at radius 3 is 2.76 bits per heavy atom. The van der Waals surface area contributed by atoms with Gasteiger partial charge in [0, 0.05) is 17.1 Å². The predicted molar refractivity (Wildman–Crippen MR) is 77.6 cm³/mol. The van der Waals surface area contributed by atoms with E-state index in [2.05, 4.69) is 51.2 Å². The summed E-state index contributed by atoms with van der Waals surface area (Å²) in [4.78, 5) is 3.80. The van der Waals surface area contributed by atoms with Crippen LogP contribution in [0.5, 0.6) is 0 Å². The Morgan fingerprint density at radius 1 is 1.24 bits per heavy atom. The summed E-state index contributed by atoms with van der Waals surface area (Å²) in [7, 11) is 0.